The highest BCUT2D eigenvalue weighted by Crippen LogP contribution is 2.31. The van der Waals surface area contributed by atoms with Crippen LogP contribution in [0.4, 0.5) is 5.69 Å². The summed E-state index contributed by atoms with van der Waals surface area (Å²) < 4.78 is 12.0. The molecule has 0 spiro atoms. The van der Waals surface area contributed by atoms with Crippen LogP contribution in [0.15, 0.2) is 60.0 Å². The van der Waals surface area contributed by atoms with Crippen molar-refractivity contribution in [2.24, 2.45) is 5.73 Å². The van der Waals surface area contributed by atoms with Gasteiger partial charge in [-0.15, -0.1) is 0 Å². The maximum Gasteiger partial charge on any atom is 0.250 e. The Balaban J connectivity index is 0.00000187. The molecule has 178 valence electrons. The van der Waals surface area contributed by atoms with Crippen LogP contribution < -0.4 is 20.1 Å². The number of nitrogens with zero attached hydrogens (tertiary/aromatic N) is 2. The Kier molecular flexibility index (Phi) is 10.3. The van der Waals surface area contributed by atoms with Gasteiger partial charge in [0.15, 0.2) is 0 Å². The van der Waals surface area contributed by atoms with E-state index in [1.54, 1.807) is 24.4 Å². The van der Waals surface area contributed by atoms with E-state index in [1.807, 2.05) is 52.0 Å². The molecule has 1 fully saturated rings. The quantitative estimate of drug-likeness (QED) is 0.368. The van der Waals surface area contributed by atoms with E-state index in [4.69, 9.17) is 26.8 Å². The van der Waals surface area contributed by atoms with Gasteiger partial charge in [-0.1, -0.05) is 38.4 Å². The fourth-order valence-electron chi connectivity index (χ4n) is 3.67. The fraction of sp³-hybridized carbons (Fsp3) is 0.385. The predicted molar refractivity (Wildman–Crippen MR) is 135 cm³/mol. The predicted octanol–water partition coefficient (Wildman–Crippen LogP) is 6.16. The third-order valence-corrected chi connectivity index (χ3v) is 5.55. The number of aromatic nitrogens is 1. The molecule has 33 heavy (non-hydrogen) atoms. The molecule has 1 aliphatic rings. The molecule has 1 amide bonds. The van der Waals surface area contributed by atoms with Gasteiger partial charge in [-0.2, -0.15) is 0 Å². The summed E-state index contributed by atoms with van der Waals surface area (Å²) in [5.74, 6) is 1.27. The molecule has 3 rings (SSSR count). The molecule has 2 N–H and O–H groups in total. The van der Waals surface area contributed by atoms with Gasteiger partial charge in [0.1, 0.15) is 22.6 Å². The lowest BCUT2D eigenvalue weighted by Crippen LogP contribution is -2.27. The second-order valence-corrected chi connectivity index (χ2v) is 7.64. The molecule has 0 saturated carbocycles. The Morgan fingerprint density at radius 2 is 2.03 bits per heavy atom. The van der Waals surface area contributed by atoms with Crippen LogP contribution in [-0.2, 0) is 0 Å². The number of anilines is 1. The number of allylic oxidation sites excluding steroid dienone is 3. The van der Waals surface area contributed by atoms with Gasteiger partial charge in [-0.25, -0.2) is 4.98 Å². The Labute approximate surface area is 202 Å². The van der Waals surface area contributed by atoms with Crippen molar-refractivity contribution in [2.45, 2.75) is 53.6 Å². The number of halogens is 1. The van der Waals surface area contributed by atoms with Crippen molar-refractivity contribution in [1.29, 1.82) is 0 Å². The topological polar surface area (TPSA) is 77.7 Å². The van der Waals surface area contributed by atoms with E-state index >= 15 is 0 Å². The molecule has 1 aromatic heterocycles. The van der Waals surface area contributed by atoms with Crippen molar-refractivity contribution in [1.82, 2.24) is 4.98 Å². The Hall–Kier alpha value is -2.99. The number of hydrogen-bond acceptors (Lipinski definition) is 5. The zero-order valence-corrected chi connectivity index (χ0v) is 20.9. The summed E-state index contributed by atoms with van der Waals surface area (Å²) >= 11 is 6.15. The van der Waals surface area contributed by atoms with Gasteiger partial charge >= 0.3 is 0 Å². The summed E-state index contributed by atoms with van der Waals surface area (Å²) in [6, 6.07) is 8.95. The van der Waals surface area contributed by atoms with E-state index in [1.165, 1.54) is 0 Å². The summed E-state index contributed by atoms with van der Waals surface area (Å²) in [4.78, 5) is 18.5. The number of nitrogens with two attached hydrogens (primary N) is 1. The Bertz CT molecular complexity index is 1000. The van der Waals surface area contributed by atoms with E-state index < -0.39 is 5.91 Å². The van der Waals surface area contributed by atoms with Gasteiger partial charge < -0.3 is 20.1 Å². The number of benzene rings is 1. The SMILES string of the molecule is C/C=C(CC)\C(=C/C)Oc1ccc(N2CC[C@H](Oc3ncccc3Cl)C2)c(C(N)=O)c1.CC. The van der Waals surface area contributed by atoms with Crippen LogP contribution in [0.2, 0.25) is 5.02 Å². The minimum atomic E-state index is -0.499. The third kappa shape index (κ3) is 6.75. The normalized spacial score (nSPS) is 16.2. The van der Waals surface area contributed by atoms with Crippen LogP contribution in [0.5, 0.6) is 11.6 Å². The minimum absolute atomic E-state index is 0.0829. The zero-order chi connectivity index (χ0) is 24.4. The summed E-state index contributed by atoms with van der Waals surface area (Å²) in [6.45, 7) is 11.3. The molecule has 0 unspecified atom stereocenters. The third-order valence-electron chi connectivity index (χ3n) is 5.26. The van der Waals surface area contributed by atoms with Gasteiger partial charge in [0, 0.05) is 24.8 Å². The number of amides is 1. The minimum Gasteiger partial charge on any atom is -0.471 e. The number of carbonyl (C=O) groups excluding carboxylic acids is 1. The molecule has 1 saturated heterocycles. The van der Waals surface area contributed by atoms with E-state index in [0.717, 1.165) is 36.4 Å². The molecule has 2 heterocycles. The highest BCUT2D eigenvalue weighted by Gasteiger charge is 2.28. The van der Waals surface area contributed by atoms with Gasteiger partial charge in [-0.05, 0) is 62.2 Å². The molecular formula is C26H34ClN3O3. The molecule has 2 aromatic rings. The lowest BCUT2D eigenvalue weighted by Gasteiger charge is -2.22. The first-order valence-electron chi connectivity index (χ1n) is 11.4. The molecule has 1 atom stereocenters. The highest BCUT2D eigenvalue weighted by molar-refractivity contribution is 6.31. The Morgan fingerprint density at radius 3 is 2.64 bits per heavy atom. The second-order valence-electron chi connectivity index (χ2n) is 7.23. The summed E-state index contributed by atoms with van der Waals surface area (Å²) in [6.07, 6.45) is 7.15. The largest absolute Gasteiger partial charge is 0.471 e. The monoisotopic (exact) mass is 471 g/mol. The molecule has 1 aliphatic heterocycles. The van der Waals surface area contributed by atoms with Crippen molar-refractivity contribution in [3.8, 4) is 11.6 Å². The summed E-state index contributed by atoms with van der Waals surface area (Å²) in [5.41, 5.74) is 7.98. The van der Waals surface area contributed by atoms with Crippen LogP contribution in [0.3, 0.4) is 0 Å². The van der Waals surface area contributed by atoms with E-state index in [2.05, 4.69) is 16.8 Å². The summed E-state index contributed by atoms with van der Waals surface area (Å²) in [5, 5.41) is 0.479. The molecular weight excluding hydrogens is 438 g/mol. The first-order valence-corrected chi connectivity index (χ1v) is 11.8. The van der Waals surface area contributed by atoms with E-state index in [-0.39, 0.29) is 6.10 Å². The average Bonchev–Trinajstić information content (AvgIpc) is 3.30. The number of ether oxygens (including phenoxy) is 2. The van der Waals surface area contributed by atoms with Crippen molar-refractivity contribution in [3.63, 3.8) is 0 Å². The van der Waals surface area contributed by atoms with E-state index in [9.17, 15) is 4.79 Å². The van der Waals surface area contributed by atoms with Gasteiger partial charge in [-0.3, -0.25) is 4.79 Å². The molecule has 6 nitrogen and oxygen atoms in total. The number of hydrogen-bond donors (Lipinski definition) is 1. The number of carbonyl (C=O) groups is 1. The first-order chi connectivity index (χ1) is 16.0. The number of pyridine rings is 1. The number of rotatable bonds is 8. The van der Waals surface area contributed by atoms with Gasteiger partial charge in [0.2, 0.25) is 5.88 Å². The van der Waals surface area contributed by atoms with Crippen LogP contribution >= 0.6 is 11.6 Å². The number of primary amides is 1. The molecule has 0 radical (unpaired) electrons. The molecule has 7 heteroatoms. The van der Waals surface area contributed by atoms with Crippen LogP contribution in [-0.4, -0.2) is 30.1 Å². The van der Waals surface area contributed by atoms with E-state index in [0.29, 0.717) is 28.8 Å². The average molecular weight is 472 g/mol. The highest BCUT2D eigenvalue weighted by atomic mass is 35.5. The maximum atomic E-state index is 12.2. The molecule has 0 bridgehead atoms. The second kappa shape index (κ2) is 12.9. The van der Waals surface area contributed by atoms with Crippen LogP contribution in [0.25, 0.3) is 0 Å². The Morgan fingerprint density at radius 1 is 1.27 bits per heavy atom. The van der Waals surface area contributed by atoms with Crippen LogP contribution in [0.1, 0.15) is 57.8 Å². The van der Waals surface area contributed by atoms with Crippen molar-refractivity contribution in [3.05, 3.63) is 70.6 Å². The van der Waals surface area contributed by atoms with Gasteiger partial charge in [0.25, 0.3) is 5.91 Å². The lowest BCUT2D eigenvalue weighted by atomic mass is 10.1. The zero-order valence-electron chi connectivity index (χ0n) is 20.1. The van der Waals surface area contributed by atoms with Crippen LogP contribution in [0, 0.1) is 0 Å². The lowest BCUT2D eigenvalue weighted by molar-refractivity contribution is 0.100. The van der Waals surface area contributed by atoms with Crippen molar-refractivity contribution >= 4 is 23.2 Å². The standard InChI is InChI=1S/C24H28ClN3O3.C2H6/c1-4-16(5-2)22(6-3)30-17-9-10-21(19(14-17)23(26)29)28-13-11-18(15-28)31-24-20(25)8-7-12-27-24;1-2/h4,6-10,12,14,18H,5,11,13,15H2,1-3H3,(H2,26,29);1-2H3/b16-4-,22-6+;/t18-;/m0./s1. The van der Waals surface area contributed by atoms with Crippen molar-refractivity contribution in [2.75, 3.05) is 18.0 Å². The smallest absolute Gasteiger partial charge is 0.250 e. The fourth-order valence-corrected chi connectivity index (χ4v) is 3.83. The summed E-state index contributed by atoms with van der Waals surface area (Å²) in [7, 11) is 0. The van der Waals surface area contributed by atoms with Gasteiger partial charge in [0.05, 0.1) is 12.1 Å². The molecule has 1 aromatic carbocycles. The van der Waals surface area contributed by atoms with Crippen molar-refractivity contribution < 1.29 is 14.3 Å². The maximum absolute atomic E-state index is 12.2. The molecule has 0 aliphatic carbocycles. The first kappa shape index (κ1) is 26.3.